The number of benzene rings is 1. The molecule has 144 valence electrons. The van der Waals surface area contributed by atoms with Crippen LogP contribution >= 0.6 is 11.8 Å². The summed E-state index contributed by atoms with van der Waals surface area (Å²) in [6, 6.07) is 4.26. The standard InChI is InChI=1S/C18H21N3O5S/c1-2-7-18(17(25)26)8-21-15(24)13(16(21)27-9-18)20-14(23)12(19)10-3-5-11(22)6-4-10/h2-7,12-13,16,22H,8-9,19H2,1H3,(H,20,23)(H,25,26)/t12?,13?,16-,18?/m1/s1. The average Bonchev–Trinajstić information content (AvgIpc) is 2.66. The molecule has 27 heavy (non-hydrogen) atoms. The number of carboxylic acids is 1. The Hall–Kier alpha value is -2.52. The van der Waals surface area contributed by atoms with Gasteiger partial charge in [-0.05, 0) is 24.6 Å². The molecule has 2 aliphatic heterocycles. The Morgan fingerprint density at radius 1 is 1.41 bits per heavy atom. The lowest BCUT2D eigenvalue weighted by Gasteiger charge is -2.53. The molecular weight excluding hydrogens is 370 g/mol. The van der Waals surface area contributed by atoms with Crippen molar-refractivity contribution in [2.45, 2.75) is 24.4 Å². The lowest BCUT2D eigenvalue weighted by atomic mass is 9.86. The van der Waals surface area contributed by atoms with E-state index in [9.17, 15) is 24.6 Å². The van der Waals surface area contributed by atoms with Crippen LogP contribution in [0.25, 0.3) is 0 Å². The van der Waals surface area contributed by atoms with Crippen molar-refractivity contribution >= 4 is 29.5 Å². The van der Waals surface area contributed by atoms with Crippen molar-refractivity contribution in [2.75, 3.05) is 12.3 Å². The molecule has 8 nitrogen and oxygen atoms in total. The minimum atomic E-state index is -1.11. The van der Waals surface area contributed by atoms with E-state index in [1.165, 1.54) is 28.8 Å². The van der Waals surface area contributed by atoms with E-state index < -0.39 is 29.4 Å². The third-order valence-corrected chi connectivity index (χ3v) is 6.40. The predicted molar refractivity (Wildman–Crippen MR) is 99.8 cm³/mol. The highest BCUT2D eigenvalue weighted by atomic mass is 32.2. The first kappa shape index (κ1) is 19.2. The van der Waals surface area contributed by atoms with Crippen molar-refractivity contribution in [3.63, 3.8) is 0 Å². The molecular formula is C18H21N3O5S. The van der Waals surface area contributed by atoms with E-state index in [2.05, 4.69) is 5.32 Å². The molecule has 9 heteroatoms. The monoisotopic (exact) mass is 391 g/mol. The summed E-state index contributed by atoms with van der Waals surface area (Å²) in [5, 5.41) is 21.2. The predicted octanol–water partition coefficient (Wildman–Crippen LogP) is 0.439. The molecule has 3 rings (SSSR count). The number of aliphatic carboxylic acids is 1. The molecule has 2 heterocycles. The second kappa shape index (κ2) is 7.24. The molecule has 1 aromatic carbocycles. The highest BCUT2D eigenvalue weighted by Crippen LogP contribution is 2.43. The fourth-order valence-corrected chi connectivity index (χ4v) is 4.81. The summed E-state index contributed by atoms with van der Waals surface area (Å²) in [4.78, 5) is 38.0. The number of phenols is 1. The largest absolute Gasteiger partial charge is 0.508 e. The van der Waals surface area contributed by atoms with Gasteiger partial charge in [0.25, 0.3) is 0 Å². The fourth-order valence-electron chi connectivity index (χ4n) is 3.29. The zero-order chi connectivity index (χ0) is 19.8. The number of carboxylic acid groups (broad SMARTS) is 1. The molecule has 2 amide bonds. The van der Waals surface area contributed by atoms with E-state index in [0.717, 1.165) is 0 Å². The summed E-state index contributed by atoms with van der Waals surface area (Å²) in [6.07, 6.45) is 3.29. The van der Waals surface area contributed by atoms with E-state index in [1.54, 1.807) is 31.2 Å². The summed E-state index contributed by atoms with van der Waals surface area (Å²) < 4.78 is 0. The van der Waals surface area contributed by atoms with Gasteiger partial charge >= 0.3 is 5.97 Å². The Morgan fingerprint density at radius 3 is 2.67 bits per heavy atom. The van der Waals surface area contributed by atoms with Crippen LogP contribution < -0.4 is 11.1 Å². The third kappa shape index (κ3) is 3.40. The van der Waals surface area contributed by atoms with Gasteiger partial charge in [-0.3, -0.25) is 14.4 Å². The molecule has 2 aliphatic rings. The number of hydrogen-bond acceptors (Lipinski definition) is 6. The maximum absolute atomic E-state index is 12.5. The number of β-lactam (4-membered cyclic amide) rings is 1. The number of allylic oxidation sites excluding steroid dienone is 1. The Kier molecular flexibility index (Phi) is 5.16. The zero-order valence-electron chi connectivity index (χ0n) is 14.7. The van der Waals surface area contributed by atoms with Crippen LogP contribution in [0.5, 0.6) is 5.75 Å². The van der Waals surface area contributed by atoms with Crippen LogP contribution in [0.1, 0.15) is 18.5 Å². The van der Waals surface area contributed by atoms with Crippen LogP contribution in [0.2, 0.25) is 0 Å². The van der Waals surface area contributed by atoms with Gasteiger partial charge in [0.05, 0.1) is 0 Å². The van der Waals surface area contributed by atoms with Crippen LogP contribution in [-0.2, 0) is 14.4 Å². The number of nitrogens with one attached hydrogen (secondary N) is 1. The number of fused-ring (bicyclic) bond motifs is 1. The Bertz CT molecular complexity index is 797. The smallest absolute Gasteiger partial charge is 0.316 e. The molecule has 3 unspecified atom stereocenters. The lowest BCUT2D eigenvalue weighted by molar-refractivity contribution is -0.156. The Morgan fingerprint density at radius 2 is 2.07 bits per heavy atom. The minimum absolute atomic E-state index is 0.0674. The first-order valence-corrected chi connectivity index (χ1v) is 9.48. The van der Waals surface area contributed by atoms with Crippen LogP contribution in [0, 0.1) is 5.41 Å². The number of nitrogens with zero attached hydrogens (tertiary/aromatic N) is 1. The third-order valence-electron chi connectivity index (χ3n) is 4.85. The fraction of sp³-hybridized carbons (Fsp3) is 0.389. The summed E-state index contributed by atoms with van der Waals surface area (Å²) >= 11 is 1.34. The van der Waals surface area contributed by atoms with Gasteiger partial charge in [0.2, 0.25) is 11.8 Å². The van der Waals surface area contributed by atoms with Gasteiger partial charge in [-0.1, -0.05) is 24.3 Å². The Labute approximate surface area is 160 Å². The van der Waals surface area contributed by atoms with Gasteiger partial charge in [0.1, 0.15) is 28.6 Å². The van der Waals surface area contributed by atoms with Gasteiger partial charge in [-0.15, -0.1) is 11.8 Å². The SMILES string of the molecule is CC=CC1(C(=O)O)CS[C@@H]2C(NC(=O)C(N)c3ccc(O)cc3)C(=O)N2C1. The minimum Gasteiger partial charge on any atom is -0.508 e. The number of aromatic hydroxyl groups is 1. The lowest BCUT2D eigenvalue weighted by Crippen LogP contribution is -2.73. The molecule has 0 aliphatic carbocycles. The molecule has 5 N–H and O–H groups in total. The topological polar surface area (TPSA) is 133 Å². The van der Waals surface area contributed by atoms with Gasteiger partial charge < -0.3 is 26.2 Å². The number of rotatable bonds is 5. The first-order chi connectivity index (χ1) is 12.8. The van der Waals surface area contributed by atoms with E-state index in [-0.39, 0.29) is 23.6 Å². The first-order valence-electron chi connectivity index (χ1n) is 8.43. The second-order valence-electron chi connectivity index (χ2n) is 6.68. The van der Waals surface area contributed by atoms with Crippen molar-refractivity contribution in [3.8, 4) is 5.75 Å². The number of nitrogens with two attached hydrogens (primary N) is 1. The van der Waals surface area contributed by atoms with Crippen molar-refractivity contribution in [3.05, 3.63) is 42.0 Å². The van der Waals surface area contributed by atoms with Crippen molar-refractivity contribution in [2.24, 2.45) is 11.1 Å². The van der Waals surface area contributed by atoms with Gasteiger partial charge in [-0.2, -0.15) is 0 Å². The summed E-state index contributed by atoms with van der Waals surface area (Å²) in [7, 11) is 0. The summed E-state index contributed by atoms with van der Waals surface area (Å²) in [6.45, 7) is 1.83. The van der Waals surface area contributed by atoms with Crippen LogP contribution in [0.4, 0.5) is 0 Å². The second-order valence-corrected chi connectivity index (χ2v) is 7.79. The molecule has 0 aromatic heterocycles. The summed E-state index contributed by atoms with van der Waals surface area (Å²) in [5.74, 6) is -1.40. The molecule has 0 bridgehead atoms. The number of hydrogen-bond donors (Lipinski definition) is 4. The maximum atomic E-state index is 12.5. The average molecular weight is 391 g/mol. The molecule has 2 fully saturated rings. The number of amides is 2. The van der Waals surface area contributed by atoms with Gasteiger partial charge in [0, 0.05) is 12.3 Å². The Balaban J connectivity index is 1.66. The zero-order valence-corrected chi connectivity index (χ0v) is 15.5. The summed E-state index contributed by atoms with van der Waals surface area (Å²) in [5.41, 5.74) is 5.35. The van der Waals surface area contributed by atoms with E-state index in [4.69, 9.17) is 5.73 Å². The normalized spacial score (nSPS) is 28.4. The van der Waals surface area contributed by atoms with Crippen LogP contribution in [-0.4, -0.2) is 56.6 Å². The molecule has 4 atom stereocenters. The van der Waals surface area contributed by atoms with E-state index >= 15 is 0 Å². The van der Waals surface area contributed by atoms with Gasteiger partial charge in [-0.25, -0.2) is 0 Å². The molecule has 0 spiro atoms. The van der Waals surface area contributed by atoms with E-state index in [0.29, 0.717) is 11.3 Å². The van der Waals surface area contributed by atoms with Crippen LogP contribution in [0.15, 0.2) is 36.4 Å². The maximum Gasteiger partial charge on any atom is 0.316 e. The number of carbonyl (C=O) groups is 3. The number of carbonyl (C=O) groups excluding carboxylic acids is 2. The van der Waals surface area contributed by atoms with Gasteiger partial charge in [0.15, 0.2) is 0 Å². The highest BCUT2D eigenvalue weighted by molar-refractivity contribution is 8.00. The molecule has 2 saturated heterocycles. The van der Waals surface area contributed by atoms with Crippen molar-refractivity contribution in [1.82, 2.24) is 10.2 Å². The van der Waals surface area contributed by atoms with Crippen molar-refractivity contribution < 1.29 is 24.6 Å². The van der Waals surface area contributed by atoms with E-state index in [1.807, 2.05) is 0 Å². The quantitative estimate of drug-likeness (QED) is 0.423. The number of thioether (sulfide) groups is 1. The molecule has 1 aromatic rings. The number of phenolic OH excluding ortho intramolecular Hbond substituents is 1. The van der Waals surface area contributed by atoms with Crippen molar-refractivity contribution in [1.29, 1.82) is 0 Å². The molecule has 0 saturated carbocycles. The van der Waals surface area contributed by atoms with Crippen LogP contribution in [0.3, 0.4) is 0 Å². The highest BCUT2D eigenvalue weighted by Gasteiger charge is 2.56. The molecule has 0 radical (unpaired) electrons.